The molecule has 8 N–H and O–H groups in total. The van der Waals surface area contributed by atoms with E-state index < -0.39 is 11.4 Å². The maximum absolute atomic E-state index is 13.9. The van der Waals surface area contributed by atoms with Gasteiger partial charge >= 0.3 is 0 Å². The van der Waals surface area contributed by atoms with Gasteiger partial charge in [-0.15, -0.1) is 0 Å². The average molecular weight is 581 g/mol. The van der Waals surface area contributed by atoms with Gasteiger partial charge in [0.15, 0.2) is 11.6 Å². The van der Waals surface area contributed by atoms with E-state index in [2.05, 4.69) is 54.4 Å². The average Bonchev–Trinajstić information content (AvgIpc) is 2.94. The molecule has 0 saturated carbocycles. The minimum Gasteiger partial charge on any atom is -0.394 e. The molecule has 0 aromatic carbocycles. The van der Waals surface area contributed by atoms with Crippen LogP contribution in [0.15, 0.2) is 18.5 Å². The highest BCUT2D eigenvalue weighted by atomic mass is 19.1. The largest absolute Gasteiger partial charge is 0.394 e. The molecule has 0 aliphatic heterocycles. The molecular formula is C29H41FN10O2. The first-order valence-electron chi connectivity index (χ1n) is 14.4. The highest BCUT2D eigenvalue weighted by Gasteiger charge is 2.32. The molecule has 4 rings (SSSR count). The molecule has 42 heavy (non-hydrogen) atoms. The van der Waals surface area contributed by atoms with E-state index in [0.29, 0.717) is 34.6 Å². The van der Waals surface area contributed by atoms with Crippen LogP contribution in [0, 0.1) is 12.7 Å². The van der Waals surface area contributed by atoms with Crippen molar-refractivity contribution in [1.29, 1.82) is 0 Å². The Bertz CT molecular complexity index is 1530. The minimum absolute atomic E-state index is 0.0360. The van der Waals surface area contributed by atoms with Gasteiger partial charge in [-0.25, -0.2) is 19.3 Å². The van der Waals surface area contributed by atoms with Crippen LogP contribution in [0.5, 0.6) is 0 Å². The molecule has 4 aromatic rings. The molecule has 0 radical (unpaired) electrons. The van der Waals surface area contributed by atoms with E-state index in [4.69, 9.17) is 11.5 Å². The fourth-order valence-corrected chi connectivity index (χ4v) is 5.45. The Morgan fingerprint density at radius 1 is 0.929 bits per heavy atom. The number of anilines is 4. The standard InChI is InChI=1S/C29H41FN10O2/c1-5-7-9-19(14-41)35-25-24-23(37-28(32)38-25)21(16(3)12-33-24)17(8-6-2)11-29(4,15-42)40-26-22-20(36-27(31)39-26)10-18(30)13-34-22/h10,12-13,17,19,41-42H,5-9,11,14-15H2,1-4H3,(H3,31,36,39,40)(H3,32,35,37,38)/t17?,19-,29-/m1/s1. The van der Waals surface area contributed by atoms with E-state index in [9.17, 15) is 14.6 Å². The lowest BCUT2D eigenvalue weighted by Crippen LogP contribution is -2.41. The van der Waals surface area contributed by atoms with Crippen molar-refractivity contribution in [2.24, 2.45) is 0 Å². The van der Waals surface area contributed by atoms with Crippen LogP contribution in [0.25, 0.3) is 22.1 Å². The van der Waals surface area contributed by atoms with Gasteiger partial charge in [-0.2, -0.15) is 9.97 Å². The van der Waals surface area contributed by atoms with Gasteiger partial charge in [0.05, 0.1) is 36.5 Å². The zero-order valence-electron chi connectivity index (χ0n) is 24.7. The Morgan fingerprint density at radius 2 is 1.64 bits per heavy atom. The maximum Gasteiger partial charge on any atom is 0.222 e. The van der Waals surface area contributed by atoms with Crippen molar-refractivity contribution in [3.8, 4) is 0 Å². The number of aliphatic hydroxyl groups excluding tert-OH is 2. The van der Waals surface area contributed by atoms with Crippen LogP contribution in [0.3, 0.4) is 0 Å². The summed E-state index contributed by atoms with van der Waals surface area (Å²) in [5.74, 6) is 0.243. The van der Waals surface area contributed by atoms with Gasteiger partial charge in [-0.05, 0) is 50.2 Å². The summed E-state index contributed by atoms with van der Waals surface area (Å²) in [4.78, 5) is 26.3. The lowest BCUT2D eigenvalue weighted by molar-refractivity contribution is 0.205. The molecule has 1 unspecified atom stereocenters. The molecule has 0 aliphatic rings. The second kappa shape index (κ2) is 13.3. The number of aryl methyl sites for hydroxylation is 1. The van der Waals surface area contributed by atoms with Crippen LogP contribution in [-0.4, -0.2) is 64.9 Å². The third-order valence-corrected chi connectivity index (χ3v) is 7.47. The minimum atomic E-state index is -0.881. The highest BCUT2D eigenvalue weighted by molar-refractivity contribution is 5.90. The van der Waals surface area contributed by atoms with E-state index in [1.54, 1.807) is 6.20 Å². The van der Waals surface area contributed by atoms with Crippen molar-refractivity contribution in [1.82, 2.24) is 29.9 Å². The van der Waals surface area contributed by atoms with E-state index >= 15 is 0 Å². The number of pyridine rings is 2. The van der Waals surface area contributed by atoms with Crippen molar-refractivity contribution >= 4 is 45.6 Å². The molecule has 4 heterocycles. The monoisotopic (exact) mass is 580 g/mol. The van der Waals surface area contributed by atoms with Crippen molar-refractivity contribution < 1.29 is 14.6 Å². The number of nitrogens with two attached hydrogens (primary N) is 2. The Hall–Kier alpha value is -3.97. The number of fused-ring (bicyclic) bond motifs is 2. The number of rotatable bonds is 14. The summed E-state index contributed by atoms with van der Waals surface area (Å²) < 4.78 is 13.9. The van der Waals surface area contributed by atoms with Crippen LogP contribution < -0.4 is 22.1 Å². The predicted molar refractivity (Wildman–Crippen MR) is 164 cm³/mol. The Morgan fingerprint density at radius 3 is 2.33 bits per heavy atom. The van der Waals surface area contributed by atoms with Crippen molar-refractivity contribution in [2.75, 3.05) is 35.3 Å². The fraction of sp³-hybridized carbons (Fsp3) is 0.517. The summed E-state index contributed by atoms with van der Waals surface area (Å²) in [6.07, 6.45) is 7.77. The van der Waals surface area contributed by atoms with E-state index in [1.165, 1.54) is 6.07 Å². The van der Waals surface area contributed by atoms with Gasteiger partial charge in [-0.1, -0.05) is 33.1 Å². The smallest absolute Gasteiger partial charge is 0.222 e. The molecule has 0 amide bonds. The van der Waals surface area contributed by atoms with Gasteiger partial charge in [0, 0.05) is 12.3 Å². The molecule has 0 spiro atoms. The SMILES string of the molecule is CCCC[C@H](CO)Nc1nc(N)nc2c(C(CCC)C[C@](C)(CO)Nc3nc(N)nc4cc(F)cnc34)c(C)cnc12. The molecule has 13 heteroatoms. The molecular weight excluding hydrogens is 539 g/mol. The maximum atomic E-state index is 13.9. The number of hydrogen-bond donors (Lipinski definition) is 6. The summed E-state index contributed by atoms with van der Waals surface area (Å²) in [7, 11) is 0. The number of nitrogens with zero attached hydrogens (tertiary/aromatic N) is 6. The predicted octanol–water partition coefficient (Wildman–Crippen LogP) is 4.07. The Kier molecular flexibility index (Phi) is 9.84. The number of nitrogens with one attached hydrogen (secondary N) is 2. The first-order valence-corrected chi connectivity index (χ1v) is 14.4. The molecule has 0 fully saturated rings. The van der Waals surface area contributed by atoms with Crippen molar-refractivity contribution in [2.45, 2.75) is 83.7 Å². The quantitative estimate of drug-likeness (QED) is 0.125. The van der Waals surface area contributed by atoms with Crippen LogP contribution in [-0.2, 0) is 0 Å². The van der Waals surface area contributed by atoms with Crippen LogP contribution in [0.4, 0.5) is 27.9 Å². The molecule has 0 saturated heterocycles. The van der Waals surface area contributed by atoms with Gasteiger partial charge in [0.2, 0.25) is 11.9 Å². The van der Waals surface area contributed by atoms with Crippen molar-refractivity contribution in [3.63, 3.8) is 0 Å². The van der Waals surface area contributed by atoms with Crippen molar-refractivity contribution in [3.05, 3.63) is 35.4 Å². The fourth-order valence-electron chi connectivity index (χ4n) is 5.45. The molecule has 12 nitrogen and oxygen atoms in total. The van der Waals surface area contributed by atoms with Crippen LogP contribution >= 0.6 is 0 Å². The second-order valence-corrected chi connectivity index (χ2v) is 11.1. The van der Waals surface area contributed by atoms with Gasteiger partial charge in [0.25, 0.3) is 0 Å². The topological polar surface area (TPSA) is 194 Å². The number of unbranched alkanes of at least 4 members (excludes halogenated alkanes) is 1. The first-order chi connectivity index (χ1) is 20.1. The van der Waals surface area contributed by atoms with E-state index in [1.807, 2.05) is 13.8 Å². The first kappa shape index (κ1) is 31.0. The molecule has 4 aromatic heterocycles. The zero-order chi connectivity index (χ0) is 30.4. The second-order valence-electron chi connectivity index (χ2n) is 11.1. The summed E-state index contributed by atoms with van der Waals surface area (Å²) in [6.45, 7) is 7.79. The Balaban J connectivity index is 1.76. The summed E-state index contributed by atoms with van der Waals surface area (Å²) >= 11 is 0. The molecule has 0 aliphatic carbocycles. The molecule has 0 bridgehead atoms. The van der Waals surface area contributed by atoms with E-state index in [-0.39, 0.29) is 42.6 Å². The van der Waals surface area contributed by atoms with Crippen LogP contribution in [0.1, 0.15) is 76.3 Å². The third-order valence-electron chi connectivity index (χ3n) is 7.47. The van der Waals surface area contributed by atoms with Gasteiger partial charge < -0.3 is 32.3 Å². The highest BCUT2D eigenvalue weighted by Crippen LogP contribution is 2.38. The van der Waals surface area contributed by atoms with E-state index in [0.717, 1.165) is 49.4 Å². The summed E-state index contributed by atoms with van der Waals surface area (Å²) in [5, 5.41) is 27.3. The number of aromatic nitrogens is 6. The van der Waals surface area contributed by atoms with Gasteiger partial charge in [0.1, 0.15) is 22.4 Å². The number of nitrogen functional groups attached to an aromatic ring is 2. The van der Waals surface area contributed by atoms with Gasteiger partial charge in [-0.3, -0.25) is 4.98 Å². The number of hydrogen-bond acceptors (Lipinski definition) is 12. The molecule has 226 valence electrons. The lowest BCUT2D eigenvalue weighted by atomic mass is 9.80. The molecule has 3 atom stereocenters. The normalized spacial score (nSPS) is 14.5. The Labute approximate surface area is 244 Å². The summed E-state index contributed by atoms with van der Waals surface area (Å²) in [6, 6.07) is 1.05. The van der Waals surface area contributed by atoms with Crippen LogP contribution in [0.2, 0.25) is 0 Å². The lowest BCUT2D eigenvalue weighted by Gasteiger charge is -2.34. The summed E-state index contributed by atoms with van der Waals surface area (Å²) in [5.41, 5.74) is 15.0. The zero-order valence-corrected chi connectivity index (χ0v) is 24.7. The number of aliphatic hydroxyl groups is 2. The third kappa shape index (κ3) is 6.90. The number of halogens is 1.